The molecule has 0 aliphatic carbocycles. The SMILES string of the molecule is COC(=O)C1CN(Cc2csc(C(C)C)n2)C[C@@H](C)O1. The van der Waals surface area contributed by atoms with Crippen LogP contribution in [0.4, 0.5) is 0 Å². The molecule has 1 unspecified atom stereocenters. The average Bonchev–Trinajstić information content (AvgIpc) is 2.85. The van der Waals surface area contributed by atoms with Gasteiger partial charge in [-0.15, -0.1) is 11.3 Å². The van der Waals surface area contributed by atoms with E-state index in [-0.39, 0.29) is 12.1 Å². The van der Waals surface area contributed by atoms with Gasteiger partial charge in [-0.25, -0.2) is 9.78 Å². The van der Waals surface area contributed by atoms with Crippen molar-refractivity contribution in [2.75, 3.05) is 20.2 Å². The molecule has 6 heteroatoms. The van der Waals surface area contributed by atoms with Gasteiger partial charge < -0.3 is 9.47 Å². The normalized spacial score (nSPS) is 24.1. The Balaban J connectivity index is 1.98. The minimum atomic E-state index is -0.494. The minimum Gasteiger partial charge on any atom is -0.467 e. The molecule has 0 radical (unpaired) electrons. The van der Waals surface area contributed by atoms with Gasteiger partial charge in [-0.2, -0.15) is 0 Å². The first-order valence-electron chi connectivity index (χ1n) is 6.89. The molecule has 0 N–H and O–H groups in total. The number of ether oxygens (including phenoxy) is 2. The molecular weight excluding hydrogens is 276 g/mol. The monoisotopic (exact) mass is 298 g/mol. The quantitative estimate of drug-likeness (QED) is 0.796. The van der Waals surface area contributed by atoms with Crippen LogP contribution in [0.15, 0.2) is 5.38 Å². The largest absolute Gasteiger partial charge is 0.467 e. The molecule has 2 atom stereocenters. The summed E-state index contributed by atoms with van der Waals surface area (Å²) >= 11 is 1.70. The Kier molecular flexibility index (Phi) is 5.12. The molecule has 20 heavy (non-hydrogen) atoms. The van der Waals surface area contributed by atoms with Crippen LogP contribution in [0.25, 0.3) is 0 Å². The molecule has 0 bridgehead atoms. The van der Waals surface area contributed by atoms with Crippen molar-refractivity contribution in [3.05, 3.63) is 16.1 Å². The predicted octanol–water partition coefficient (Wildman–Crippen LogP) is 2.03. The molecule has 1 aromatic heterocycles. The van der Waals surface area contributed by atoms with Crippen LogP contribution in [0.5, 0.6) is 0 Å². The second-order valence-corrected chi connectivity index (χ2v) is 6.37. The second kappa shape index (κ2) is 6.65. The highest BCUT2D eigenvalue weighted by Gasteiger charge is 2.31. The molecule has 2 rings (SSSR count). The van der Waals surface area contributed by atoms with Crippen molar-refractivity contribution in [3.8, 4) is 0 Å². The van der Waals surface area contributed by atoms with E-state index in [1.807, 2.05) is 6.92 Å². The van der Waals surface area contributed by atoms with Gasteiger partial charge in [0, 0.05) is 30.9 Å². The standard InChI is InChI=1S/C14H22N2O3S/c1-9(2)13-15-11(8-20-13)6-16-5-10(3)19-12(7-16)14(17)18-4/h8-10,12H,5-7H2,1-4H3/t10-,12?/m1/s1. The van der Waals surface area contributed by atoms with Gasteiger partial charge in [0.1, 0.15) is 0 Å². The highest BCUT2D eigenvalue weighted by molar-refractivity contribution is 7.09. The minimum absolute atomic E-state index is 0.0241. The third-order valence-electron chi connectivity index (χ3n) is 3.25. The number of morpholine rings is 1. The number of esters is 1. The zero-order valence-corrected chi connectivity index (χ0v) is 13.3. The molecule has 0 amide bonds. The van der Waals surface area contributed by atoms with Crippen molar-refractivity contribution in [2.45, 2.75) is 45.4 Å². The van der Waals surface area contributed by atoms with Crippen molar-refractivity contribution in [1.82, 2.24) is 9.88 Å². The third-order valence-corrected chi connectivity index (χ3v) is 4.44. The molecule has 1 fully saturated rings. The number of carbonyl (C=O) groups is 1. The summed E-state index contributed by atoms with van der Waals surface area (Å²) in [6, 6.07) is 0. The van der Waals surface area contributed by atoms with Crippen LogP contribution in [-0.4, -0.2) is 48.3 Å². The van der Waals surface area contributed by atoms with Crippen LogP contribution in [-0.2, 0) is 20.8 Å². The van der Waals surface area contributed by atoms with Crippen LogP contribution >= 0.6 is 11.3 Å². The van der Waals surface area contributed by atoms with Gasteiger partial charge >= 0.3 is 5.97 Å². The molecule has 1 saturated heterocycles. The van der Waals surface area contributed by atoms with Crippen molar-refractivity contribution >= 4 is 17.3 Å². The molecule has 1 aromatic rings. The number of thiazole rings is 1. The first-order chi connectivity index (χ1) is 9.49. The lowest BCUT2D eigenvalue weighted by molar-refractivity contribution is -0.166. The summed E-state index contributed by atoms with van der Waals surface area (Å²) in [6.45, 7) is 8.39. The molecule has 0 aromatic carbocycles. The van der Waals surface area contributed by atoms with Crippen molar-refractivity contribution in [2.24, 2.45) is 0 Å². The lowest BCUT2D eigenvalue weighted by Crippen LogP contribution is -2.49. The zero-order chi connectivity index (χ0) is 14.7. The van der Waals surface area contributed by atoms with E-state index in [9.17, 15) is 4.79 Å². The van der Waals surface area contributed by atoms with Crippen LogP contribution in [0, 0.1) is 0 Å². The maximum absolute atomic E-state index is 11.6. The Hall–Kier alpha value is -0.980. The van der Waals surface area contributed by atoms with E-state index in [0.717, 1.165) is 23.8 Å². The van der Waals surface area contributed by atoms with E-state index in [0.29, 0.717) is 12.5 Å². The highest BCUT2D eigenvalue weighted by Crippen LogP contribution is 2.21. The summed E-state index contributed by atoms with van der Waals surface area (Å²) in [5.41, 5.74) is 1.07. The first kappa shape index (κ1) is 15.4. The molecule has 2 heterocycles. The third kappa shape index (κ3) is 3.77. The van der Waals surface area contributed by atoms with Crippen molar-refractivity contribution in [3.63, 3.8) is 0 Å². The Morgan fingerprint density at radius 3 is 2.95 bits per heavy atom. The Labute approximate surface area is 123 Å². The summed E-state index contributed by atoms with van der Waals surface area (Å²) in [5.74, 6) is 0.155. The maximum atomic E-state index is 11.6. The number of aromatic nitrogens is 1. The van der Waals surface area contributed by atoms with Gasteiger partial charge in [0.05, 0.1) is 23.9 Å². The Morgan fingerprint density at radius 2 is 2.35 bits per heavy atom. The van der Waals surface area contributed by atoms with E-state index < -0.39 is 6.10 Å². The van der Waals surface area contributed by atoms with Crippen LogP contribution in [0.1, 0.15) is 37.4 Å². The summed E-state index contributed by atoms with van der Waals surface area (Å²) in [4.78, 5) is 18.5. The summed E-state index contributed by atoms with van der Waals surface area (Å²) < 4.78 is 10.4. The van der Waals surface area contributed by atoms with Crippen LogP contribution < -0.4 is 0 Å². The molecule has 0 saturated carbocycles. The number of hydrogen-bond donors (Lipinski definition) is 0. The topological polar surface area (TPSA) is 51.7 Å². The van der Waals surface area contributed by atoms with Crippen molar-refractivity contribution < 1.29 is 14.3 Å². The average molecular weight is 298 g/mol. The number of methoxy groups -OCH3 is 1. The molecular formula is C14H22N2O3S. The lowest BCUT2D eigenvalue weighted by atomic mass is 10.2. The van der Waals surface area contributed by atoms with Gasteiger partial charge in [0.15, 0.2) is 6.10 Å². The van der Waals surface area contributed by atoms with Gasteiger partial charge in [-0.3, -0.25) is 4.90 Å². The van der Waals surface area contributed by atoms with E-state index in [4.69, 9.17) is 9.47 Å². The fraction of sp³-hybridized carbons (Fsp3) is 0.714. The smallest absolute Gasteiger partial charge is 0.336 e. The number of rotatable bonds is 4. The predicted molar refractivity (Wildman–Crippen MR) is 77.8 cm³/mol. The summed E-state index contributed by atoms with van der Waals surface area (Å²) in [5, 5.41) is 3.26. The highest BCUT2D eigenvalue weighted by atomic mass is 32.1. The van der Waals surface area contributed by atoms with Gasteiger partial charge in [-0.1, -0.05) is 13.8 Å². The van der Waals surface area contributed by atoms with Crippen LogP contribution in [0.3, 0.4) is 0 Å². The van der Waals surface area contributed by atoms with E-state index in [1.165, 1.54) is 7.11 Å². The van der Waals surface area contributed by atoms with E-state index >= 15 is 0 Å². The fourth-order valence-electron chi connectivity index (χ4n) is 2.32. The lowest BCUT2D eigenvalue weighted by Gasteiger charge is -2.34. The zero-order valence-electron chi connectivity index (χ0n) is 12.5. The molecule has 5 nitrogen and oxygen atoms in total. The number of nitrogens with zero attached hydrogens (tertiary/aromatic N) is 2. The van der Waals surface area contributed by atoms with Gasteiger partial charge in [0.2, 0.25) is 0 Å². The Bertz CT molecular complexity index is 461. The fourth-order valence-corrected chi connectivity index (χ4v) is 3.15. The molecule has 1 aliphatic rings. The molecule has 1 aliphatic heterocycles. The summed E-state index contributed by atoms with van der Waals surface area (Å²) in [6.07, 6.45) is -0.469. The van der Waals surface area contributed by atoms with E-state index in [1.54, 1.807) is 11.3 Å². The molecule has 112 valence electrons. The first-order valence-corrected chi connectivity index (χ1v) is 7.77. The van der Waals surface area contributed by atoms with Crippen molar-refractivity contribution in [1.29, 1.82) is 0 Å². The van der Waals surface area contributed by atoms with Gasteiger partial charge in [0.25, 0.3) is 0 Å². The summed E-state index contributed by atoms with van der Waals surface area (Å²) in [7, 11) is 1.39. The number of hydrogen-bond acceptors (Lipinski definition) is 6. The van der Waals surface area contributed by atoms with Gasteiger partial charge in [-0.05, 0) is 6.92 Å². The second-order valence-electron chi connectivity index (χ2n) is 5.48. The Morgan fingerprint density at radius 1 is 1.60 bits per heavy atom. The van der Waals surface area contributed by atoms with Crippen LogP contribution in [0.2, 0.25) is 0 Å². The maximum Gasteiger partial charge on any atom is 0.336 e. The number of carbonyl (C=O) groups excluding carboxylic acids is 1. The molecule has 0 spiro atoms. The van der Waals surface area contributed by atoms with E-state index in [2.05, 4.69) is 29.1 Å².